The number of phenolic OH excluding ortho intramolecular Hbond substituents is 1. The molecule has 8 nitrogen and oxygen atoms in total. The third-order valence-corrected chi connectivity index (χ3v) is 3.61. The quantitative estimate of drug-likeness (QED) is 0.696. The molecule has 0 bridgehead atoms. The van der Waals surface area contributed by atoms with Gasteiger partial charge in [-0.2, -0.15) is 5.10 Å². The predicted octanol–water partition coefficient (Wildman–Crippen LogP) is 1.29. The minimum absolute atomic E-state index is 0.150. The number of phenols is 1. The van der Waals surface area contributed by atoms with Gasteiger partial charge in [-0.15, -0.1) is 4.68 Å². The number of H-pyrrole nitrogens is 1. The smallest absolute Gasteiger partial charge is 0.349 e. The largest absolute Gasteiger partial charge is 0.502 e. The van der Waals surface area contributed by atoms with Crippen LogP contribution in [0.2, 0.25) is 0 Å². The number of nitrogens with zero attached hydrogens (tertiary/aromatic N) is 2. The van der Waals surface area contributed by atoms with Crippen molar-refractivity contribution in [3.8, 4) is 17.2 Å². The Bertz CT molecular complexity index is 1060. The number of hydrogen-bond acceptors (Lipinski definition) is 6. The van der Waals surface area contributed by atoms with Crippen molar-refractivity contribution in [2.75, 3.05) is 14.2 Å². The number of aromatic nitrogens is 2. The van der Waals surface area contributed by atoms with Crippen molar-refractivity contribution >= 4 is 17.1 Å². The van der Waals surface area contributed by atoms with Crippen molar-refractivity contribution in [3.63, 3.8) is 0 Å². The van der Waals surface area contributed by atoms with E-state index in [1.165, 1.54) is 32.6 Å². The summed E-state index contributed by atoms with van der Waals surface area (Å²) in [6.45, 7) is 0. The maximum atomic E-state index is 12.4. The molecular formula is C17H15N3O5. The molecule has 2 N–H and O–H groups in total. The average Bonchev–Trinajstić information content (AvgIpc) is 2.62. The summed E-state index contributed by atoms with van der Waals surface area (Å²) in [7, 11) is 2.79. The number of benzene rings is 2. The summed E-state index contributed by atoms with van der Waals surface area (Å²) < 4.78 is 10.8. The molecule has 0 saturated carbocycles. The Labute approximate surface area is 141 Å². The van der Waals surface area contributed by atoms with Crippen LogP contribution in [0.5, 0.6) is 17.2 Å². The summed E-state index contributed by atoms with van der Waals surface area (Å²) in [6, 6.07) is 9.67. The second-order valence-electron chi connectivity index (χ2n) is 5.11. The lowest BCUT2D eigenvalue weighted by molar-refractivity contribution is 0.340. The van der Waals surface area contributed by atoms with Crippen molar-refractivity contribution in [2.24, 2.45) is 5.10 Å². The van der Waals surface area contributed by atoms with Crippen LogP contribution >= 0.6 is 0 Å². The molecule has 1 heterocycles. The highest BCUT2D eigenvalue weighted by Gasteiger charge is 2.11. The van der Waals surface area contributed by atoms with Crippen LogP contribution in [-0.2, 0) is 0 Å². The molecule has 0 saturated heterocycles. The number of ether oxygens (including phenoxy) is 2. The first-order chi connectivity index (χ1) is 12.0. The Balaban J connectivity index is 2.10. The van der Waals surface area contributed by atoms with Crippen LogP contribution < -0.4 is 20.7 Å². The van der Waals surface area contributed by atoms with Crippen molar-refractivity contribution in [2.45, 2.75) is 0 Å². The molecule has 3 rings (SSSR count). The van der Waals surface area contributed by atoms with Gasteiger partial charge in [0, 0.05) is 5.56 Å². The van der Waals surface area contributed by atoms with E-state index in [0.717, 1.165) is 4.68 Å². The van der Waals surface area contributed by atoms with Gasteiger partial charge in [-0.25, -0.2) is 4.79 Å². The maximum Gasteiger partial charge on any atom is 0.349 e. The van der Waals surface area contributed by atoms with Gasteiger partial charge in [-0.1, -0.05) is 12.1 Å². The van der Waals surface area contributed by atoms with E-state index >= 15 is 0 Å². The molecule has 0 atom stereocenters. The van der Waals surface area contributed by atoms with E-state index in [1.54, 1.807) is 24.3 Å². The van der Waals surface area contributed by atoms with E-state index in [4.69, 9.17) is 9.47 Å². The van der Waals surface area contributed by atoms with Gasteiger partial charge in [0.15, 0.2) is 11.5 Å². The minimum Gasteiger partial charge on any atom is -0.502 e. The molecule has 1 aromatic heterocycles. The molecule has 0 spiro atoms. The first kappa shape index (κ1) is 16.3. The molecule has 0 radical (unpaired) electrons. The molecular weight excluding hydrogens is 326 g/mol. The van der Waals surface area contributed by atoms with Crippen LogP contribution in [0.4, 0.5) is 0 Å². The van der Waals surface area contributed by atoms with Crippen molar-refractivity contribution in [3.05, 3.63) is 62.8 Å². The number of hydrogen-bond donors (Lipinski definition) is 2. The Kier molecular flexibility index (Phi) is 4.25. The van der Waals surface area contributed by atoms with E-state index in [9.17, 15) is 14.7 Å². The van der Waals surface area contributed by atoms with Gasteiger partial charge in [0.25, 0.3) is 5.56 Å². The molecule has 0 fully saturated rings. The molecule has 2 aromatic carbocycles. The van der Waals surface area contributed by atoms with Gasteiger partial charge in [-0.05, 0) is 24.3 Å². The highest BCUT2D eigenvalue weighted by molar-refractivity contribution is 5.82. The summed E-state index contributed by atoms with van der Waals surface area (Å²) in [6.07, 6.45) is 1.30. The van der Waals surface area contributed by atoms with Crippen molar-refractivity contribution < 1.29 is 14.6 Å². The van der Waals surface area contributed by atoms with Crippen molar-refractivity contribution in [1.82, 2.24) is 9.66 Å². The van der Waals surface area contributed by atoms with Crippen molar-refractivity contribution in [1.29, 1.82) is 0 Å². The predicted molar refractivity (Wildman–Crippen MR) is 93.0 cm³/mol. The number of methoxy groups -OCH3 is 2. The molecule has 128 valence electrons. The van der Waals surface area contributed by atoms with Crippen LogP contribution in [-0.4, -0.2) is 35.2 Å². The maximum absolute atomic E-state index is 12.4. The van der Waals surface area contributed by atoms with Crippen LogP contribution in [0, 0.1) is 0 Å². The van der Waals surface area contributed by atoms with E-state index in [1.807, 2.05) is 0 Å². The monoisotopic (exact) mass is 341 g/mol. The van der Waals surface area contributed by atoms with Gasteiger partial charge in [0.05, 0.1) is 31.3 Å². The van der Waals surface area contributed by atoms with Gasteiger partial charge in [0.2, 0.25) is 5.75 Å². The Hall–Kier alpha value is -3.55. The lowest BCUT2D eigenvalue weighted by atomic mass is 10.2. The number of aromatic amines is 1. The fraction of sp³-hybridized carbons (Fsp3) is 0.118. The first-order valence-electron chi connectivity index (χ1n) is 7.28. The molecule has 0 aliphatic carbocycles. The van der Waals surface area contributed by atoms with Crippen LogP contribution in [0.3, 0.4) is 0 Å². The second-order valence-corrected chi connectivity index (χ2v) is 5.11. The Morgan fingerprint density at radius 3 is 2.40 bits per heavy atom. The third-order valence-electron chi connectivity index (χ3n) is 3.61. The molecule has 25 heavy (non-hydrogen) atoms. The molecule has 8 heteroatoms. The van der Waals surface area contributed by atoms with Crippen LogP contribution in [0.1, 0.15) is 5.56 Å². The summed E-state index contributed by atoms with van der Waals surface area (Å²) in [5.74, 6) is 0.212. The molecule has 0 aliphatic rings. The van der Waals surface area contributed by atoms with Gasteiger partial charge < -0.3 is 19.6 Å². The minimum atomic E-state index is -0.655. The third kappa shape index (κ3) is 2.97. The highest BCUT2D eigenvalue weighted by atomic mass is 16.5. The fourth-order valence-electron chi connectivity index (χ4n) is 2.37. The fourth-order valence-corrected chi connectivity index (χ4v) is 2.37. The number of aromatic hydroxyl groups is 1. The number of nitrogens with one attached hydrogen (secondary N) is 1. The number of para-hydroxylation sites is 1. The summed E-state index contributed by atoms with van der Waals surface area (Å²) in [5.41, 5.74) is -0.270. The number of rotatable bonds is 4. The zero-order chi connectivity index (χ0) is 18.0. The average molecular weight is 341 g/mol. The molecule has 3 aromatic rings. The topological polar surface area (TPSA) is 106 Å². The molecule has 0 aliphatic heterocycles. The van der Waals surface area contributed by atoms with Crippen LogP contribution in [0.25, 0.3) is 10.9 Å². The Morgan fingerprint density at radius 2 is 1.76 bits per heavy atom. The zero-order valence-electron chi connectivity index (χ0n) is 13.5. The summed E-state index contributed by atoms with van der Waals surface area (Å²) in [5, 5.41) is 14.2. The van der Waals surface area contributed by atoms with E-state index < -0.39 is 11.2 Å². The second kappa shape index (κ2) is 6.52. The Morgan fingerprint density at radius 1 is 1.12 bits per heavy atom. The lowest BCUT2D eigenvalue weighted by Gasteiger charge is -2.09. The van der Waals surface area contributed by atoms with Gasteiger partial charge >= 0.3 is 5.69 Å². The highest BCUT2D eigenvalue weighted by Crippen LogP contribution is 2.36. The van der Waals surface area contributed by atoms with Crippen LogP contribution in [0.15, 0.2) is 51.1 Å². The number of fused-ring (bicyclic) bond motifs is 1. The zero-order valence-corrected chi connectivity index (χ0v) is 13.5. The first-order valence-corrected chi connectivity index (χ1v) is 7.28. The summed E-state index contributed by atoms with van der Waals surface area (Å²) in [4.78, 5) is 27.1. The van der Waals surface area contributed by atoms with Gasteiger partial charge in [-0.3, -0.25) is 4.79 Å². The lowest BCUT2D eigenvalue weighted by Crippen LogP contribution is -2.32. The standard InChI is InChI=1S/C17H15N3O5/c1-24-13-7-10(8-14(25-2)15(13)21)9-18-20-16(22)11-5-3-4-6-12(11)19-17(20)23/h3-9,21H,1-2H3,(H,19,23). The van der Waals surface area contributed by atoms with E-state index in [2.05, 4.69) is 10.1 Å². The normalized spacial score (nSPS) is 11.1. The summed E-state index contributed by atoms with van der Waals surface area (Å²) >= 11 is 0. The van der Waals surface area contributed by atoms with Gasteiger partial charge in [0.1, 0.15) is 0 Å². The van der Waals surface area contributed by atoms with E-state index in [-0.39, 0.29) is 17.2 Å². The molecule has 0 amide bonds. The molecule has 0 unspecified atom stereocenters. The van der Waals surface area contributed by atoms with E-state index in [0.29, 0.717) is 16.5 Å². The SMILES string of the molecule is COc1cc(C=Nn2c(=O)[nH]c3ccccc3c2=O)cc(OC)c1O.